The highest BCUT2D eigenvalue weighted by atomic mass is 16.5. The molecule has 1 heterocycles. The second-order valence-corrected chi connectivity index (χ2v) is 9.31. The van der Waals surface area contributed by atoms with Gasteiger partial charge in [-0.1, -0.05) is 0 Å². The van der Waals surface area contributed by atoms with Crippen LogP contribution < -0.4 is 20.1 Å². The van der Waals surface area contributed by atoms with Gasteiger partial charge < -0.3 is 20.1 Å². The van der Waals surface area contributed by atoms with Crippen molar-refractivity contribution in [3.63, 3.8) is 0 Å². The number of nitrogens with one attached hydrogen (secondary N) is 2. The van der Waals surface area contributed by atoms with Crippen molar-refractivity contribution < 1.29 is 14.3 Å². The lowest BCUT2D eigenvalue weighted by Gasteiger charge is -2.57. The highest BCUT2D eigenvalue weighted by molar-refractivity contribution is 6.04. The first-order valence-corrected chi connectivity index (χ1v) is 10.8. The lowest BCUT2D eigenvalue weighted by Crippen LogP contribution is -2.54. The molecule has 1 aromatic heterocycles. The van der Waals surface area contributed by atoms with E-state index in [9.17, 15) is 4.79 Å². The number of amides is 1. The number of hydrogen-bond acceptors (Lipinski definition) is 5. The number of carbonyl (C=O) groups excluding carboxylic acids is 1. The minimum atomic E-state index is -0.226. The smallest absolute Gasteiger partial charge is 0.255 e. The van der Waals surface area contributed by atoms with Crippen LogP contribution in [0.25, 0.3) is 0 Å². The van der Waals surface area contributed by atoms with E-state index in [1.165, 1.54) is 38.5 Å². The third kappa shape index (κ3) is 3.71. The summed E-state index contributed by atoms with van der Waals surface area (Å²) in [5, 5.41) is 6.68. The third-order valence-corrected chi connectivity index (χ3v) is 7.07. The molecule has 0 unspecified atom stereocenters. The maximum Gasteiger partial charge on any atom is 0.255 e. The summed E-state index contributed by atoms with van der Waals surface area (Å²) < 4.78 is 10.5. The van der Waals surface area contributed by atoms with Crippen molar-refractivity contribution in [2.75, 3.05) is 24.9 Å². The number of ether oxygens (including phenoxy) is 2. The molecule has 1 amide bonds. The number of rotatable bonds is 6. The Bertz CT molecular complexity index is 884. The molecule has 6 heteroatoms. The van der Waals surface area contributed by atoms with Gasteiger partial charge >= 0.3 is 0 Å². The number of pyridine rings is 1. The molecule has 0 radical (unpaired) electrons. The Hall–Kier alpha value is -2.76. The summed E-state index contributed by atoms with van der Waals surface area (Å²) in [5.41, 5.74) is 1.36. The fourth-order valence-corrected chi connectivity index (χ4v) is 6.22. The van der Waals surface area contributed by atoms with Crippen molar-refractivity contribution in [1.82, 2.24) is 4.98 Å². The maximum atomic E-state index is 12.7. The van der Waals surface area contributed by atoms with Gasteiger partial charge in [0.1, 0.15) is 17.3 Å². The minimum absolute atomic E-state index is 0.226. The Labute approximate surface area is 177 Å². The van der Waals surface area contributed by atoms with Gasteiger partial charge in [0.2, 0.25) is 0 Å². The predicted molar refractivity (Wildman–Crippen MR) is 116 cm³/mol. The Morgan fingerprint density at radius 1 is 0.967 bits per heavy atom. The van der Waals surface area contributed by atoms with Crippen molar-refractivity contribution in [3.8, 4) is 11.5 Å². The second-order valence-electron chi connectivity index (χ2n) is 9.31. The van der Waals surface area contributed by atoms with Crippen LogP contribution in [-0.4, -0.2) is 30.6 Å². The van der Waals surface area contributed by atoms with Crippen LogP contribution in [0.5, 0.6) is 11.5 Å². The van der Waals surface area contributed by atoms with Crippen LogP contribution in [0.3, 0.4) is 0 Å². The largest absolute Gasteiger partial charge is 0.497 e. The van der Waals surface area contributed by atoms with Crippen LogP contribution in [0.4, 0.5) is 11.5 Å². The van der Waals surface area contributed by atoms with Crippen LogP contribution in [-0.2, 0) is 0 Å². The van der Waals surface area contributed by atoms with Crippen LogP contribution in [0.15, 0.2) is 36.5 Å². The van der Waals surface area contributed by atoms with Gasteiger partial charge in [-0.2, -0.15) is 0 Å². The van der Waals surface area contributed by atoms with Gasteiger partial charge in [-0.3, -0.25) is 4.79 Å². The van der Waals surface area contributed by atoms with E-state index in [0.29, 0.717) is 22.7 Å². The molecule has 1 aromatic carbocycles. The first kappa shape index (κ1) is 19.2. The molecule has 0 atom stereocenters. The summed E-state index contributed by atoms with van der Waals surface area (Å²) in [6.45, 7) is 0. The number of carbonyl (C=O) groups is 1. The quantitative estimate of drug-likeness (QED) is 0.724. The van der Waals surface area contributed by atoms with Gasteiger partial charge in [0.15, 0.2) is 0 Å². The average Bonchev–Trinajstić information content (AvgIpc) is 2.73. The van der Waals surface area contributed by atoms with Crippen molar-refractivity contribution >= 4 is 17.4 Å². The molecular weight excluding hydrogens is 378 g/mol. The van der Waals surface area contributed by atoms with Gasteiger partial charge in [-0.15, -0.1) is 0 Å². The van der Waals surface area contributed by atoms with Crippen LogP contribution in [0.1, 0.15) is 48.9 Å². The lowest BCUT2D eigenvalue weighted by molar-refractivity contribution is 0.0105. The van der Waals surface area contributed by atoms with Crippen molar-refractivity contribution in [1.29, 1.82) is 0 Å². The van der Waals surface area contributed by atoms with Crippen LogP contribution in [0.2, 0.25) is 0 Å². The summed E-state index contributed by atoms with van der Waals surface area (Å²) in [4.78, 5) is 17.3. The molecule has 4 aliphatic carbocycles. The van der Waals surface area contributed by atoms with Gasteiger partial charge in [-0.05, 0) is 80.5 Å². The molecule has 6 nitrogen and oxygen atoms in total. The molecular formula is C24H29N3O3. The maximum absolute atomic E-state index is 12.7. The molecule has 158 valence electrons. The standard InChI is InChI=1S/C24H29N3O3/c1-29-20-8-18(9-21(10-20)30-2)23(28)26-19-3-4-22(25-14-19)27-24-11-15-5-16(12-24)7-17(6-15)13-24/h3-4,8-10,14-17H,5-7,11-13H2,1-2H3,(H,25,27)(H,26,28). The lowest BCUT2D eigenvalue weighted by atomic mass is 9.53. The van der Waals surface area contributed by atoms with E-state index in [-0.39, 0.29) is 11.4 Å². The Balaban J connectivity index is 1.26. The molecule has 0 aliphatic heterocycles. The topological polar surface area (TPSA) is 72.5 Å². The number of hydrogen-bond donors (Lipinski definition) is 2. The predicted octanol–water partition coefficient (Wildman–Crippen LogP) is 4.73. The first-order chi connectivity index (χ1) is 14.5. The summed E-state index contributed by atoms with van der Waals surface area (Å²) in [7, 11) is 3.13. The van der Waals surface area contributed by atoms with E-state index in [1.807, 2.05) is 12.1 Å². The van der Waals surface area contributed by atoms with E-state index in [2.05, 4.69) is 15.6 Å². The molecule has 0 spiro atoms. The minimum Gasteiger partial charge on any atom is -0.497 e. The van der Waals surface area contributed by atoms with E-state index in [0.717, 1.165) is 23.6 Å². The number of benzene rings is 1. The molecule has 2 aromatic rings. The van der Waals surface area contributed by atoms with Gasteiger partial charge in [0, 0.05) is 17.2 Å². The first-order valence-electron chi connectivity index (χ1n) is 10.8. The summed E-state index contributed by atoms with van der Waals surface area (Å²) in [5.74, 6) is 4.50. The SMILES string of the molecule is COc1cc(OC)cc(C(=O)Nc2ccc(NC34CC5CC(CC(C5)C3)C4)nc2)c1. The van der Waals surface area contributed by atoms with E-state index in [4.69, 9.17) is 9.47 Å². The zero-order chi connectivity index (χ0) is 20.7. The fourth-order valence-electron chi connectivity index (χ4n) is 6.22. The average molecular weight is 408 g/mol. The summed E-state index contributed by atoms with van der Waals surface area (Å²) in [6, 6.07) is 9.00. The molecule has 2 N–H and O–H groups in total. The van der Waals surface area contributed by atoms with Gasteiger partial charge in [0.25, 0.3) is 5.91 Å². The third-order valence-electron chi connectivity index (χ3n) is 7.07. The van der Waals surface area contributed by atoms with Crippen molar-refractivity contribution in [3.05, 3.63) is 42.1 Å². The molecule has 30 heavy (non-hydrogen) atoms. The number of anilines is 2. The molecule has 4 aliphatic rings. The number of methoxy groups -OCH3 is 2. The van der Waals surface area contributed by atoms with Gasteiger partial charge in [0.05, 0.1) is 26.1 Å². The summed E-state index contributed by atoms with van der Waals surface area (Å²) >= 11 is 0. The zero-order valence-corrected chi connectivity index (χ0v) is 17.6. The highest BCUT2D eigenvalue weighted by Crippen LogP contribution is 2.56. The zero-order valence-electron chi connectivity index (χ0n) is 17.6. The van der Waals surface area contributed by atoms with E-state index < -0.39 is 0 Å². The highest BCUT2D eigenvalue weighted by Gasteiger charge is 2.51. The molecule has 6 rings (SSSR count). The number of aromatic nitrogens is 1. The molecule has 4 bridgehead atoms. The summed E-state index contributed by atoms with van der Waals surface area (Å²) in [6.07, 6.45) is 9.82. The monoisotopic (exact) mass is 407 g/mol. The van der Waals surface area contributed by atoms with E-state index in [1.54, 1.807) is 38.6 Å². The molecule has 4 saturated carbocycles. The van der Waals surface area contributed by atoms with Crippen molar-refractivity contribution in [2.24, 2.45) is 17.8 Å². The van der Waals surface area contributed by atoms with Gasteiger partial charge in [-0.25, -0.2) is 4.98 Å². The van der Waals surface area contributed by atoms with Crippen LogP contribution in [0, 0.1) is 17.8 Å². The molecule has 0 saturated heterocycles. The Morgan fingerprint density at radius 2 is 1.57 bits per heavy atom. The molecule has 4 fully saturated rings. The Morgan fingerprint density at radius 3 is 2.07 bits per heavy atom. The Kier molecular flexibility index (Phi) is 4.80. The van der Waals surface area contributed by atoms with E-state index >= 15 is 0 Å². The van der Waals surface area contributed by atoms with Crippen LogP contribution >= 0.6 is 0 Å². The number of nitrogens with zero attached hydrogens (tertiary/aromatic N) is 1. The second kappa shape index (κ2) is 7.49. The fraction of sp³-hybridized carbons (Fsp3) is 0.500. The normalized spacial score (nSPS) is 28.8. The van der Waals surface area contributed by atoms with Crippen molar-refractivity contribution in [2.45, 2.75) is 44.1 Å².